The van der Waals surface area contributed by atoms with Crippen LogP contribution in [0.2, 0.25) is 0 Å². The molecule has 2 aromatic carbocycles. The fraction of sp³-hybridized carbons (Fsp3) is 0.444. The molecule has 0 aliphatic heterocycles. The van der Waals surface area contributed by atoms with Crippen molar-refractivity contribution in [3.05, 3.63) is 48.0 Å². The molecule has 1 aliphatic rings. The molecule has 1 fully saturated rings. The van der Waals surface area contributed by atoms with E-state index in [4.69, 9.17) is 0 Å². The van der Waals surface area contributed by atoms with Gasteiger partial charge in [0.2, 0.25) is 0 Å². The first kappa shape index (κ1) is 12.7. The van der Waals surface area contributed by atoms with E-state index in [0.717, 1.165) is 12.5 Å². The summed E-state index contributed by atoms with van der Waals surface area (Å²) in [7, 11) is 0. The van der Waals surface area contributed by atoms with E-state index in [9.17, 15) is 0 Å². The van der Waals surface area contributed by atoms with Gasteiger partial charge in [-0.1, -0.05) is 55.3 Å². The van der Waals surface area contributed by atoms with Gasteiger partial charge < -0.3 is 5.32 Å². The standard InChI is InChI=1S/C18H23N/c1-14(19-18-8-4-5-9-18)12-15-10-11-16-6-2-3-7-17(16)13-15/h2-3,6-7,10-11,13-14,18-19H,4-5,8-9,12H2,1H3. The van der Waals surface area contributed by atoms with E-state index in [-0.39, 0.29) is 0 Å². The molecule has 0 spiro atoms. The Morgan fingerprint density at radius 3 is 2.58 bits per heavy atom. The normalized spacial score (nSPS) is 17.9. The van der Waals surface area contributed by atoms with E-state index in [1.54, 1.807) is 0 Å². The first-order valence-corrected chi connectivity index (χ1v) is 7.55. The second-order valence-corrected chi connectivity index (χ2v) is 5.93. The van der Waals surface area contributed by atoms with Gasteiger partial charge in [-0.05, 0) is 42.5 Å². The molecule has 1 N–H and O–H groups in total. The van der Waals surface area contributed by atoms with Crippen LogP contribution in [0.1, 0.15) is 38.2 Å². The van der Waals surface area contributed by atoms with E-state index >= 15 is 0 Å². The molecule has 1 saturated carbocycles. The lowest BCUT2D eigenvalue weighted by molar-refractivity contribution is 0.448. The van der Waals surface area contributed by atoms with Crippen molar-refractivity contribution in [1.82, 2.24) is 5.32 Å². The van der Waals surface area contributed by atoms with Gasteiger partial charge in [0.25, 0.3) is 0 Å². The van der Waals surface area contributed by atoms with Crippen molar-refractivity contribution in [2.45, 2.75) is 51.1 Å². The molecule has 0 heterocycles. The smallest absolute Gasteiger partial charge is 0.00817 e. The Hall–Kier alpha value is -1.34. The van der Waals surface area contributed by atoms with Gasteiger partial charge >= 0.3 is 0 Å². The molecule has 0 saturated heterocycles. The minimum Gasteiger partial charge on any atom is -0.311 e. The highest BCUT2D eigenvalue weighted by molar-refractivity contribution is 5.82. The lowest BCUT2D eigenvalue weighted by Crippen LogP contribution is -2.35. The van der Waals surface area contributed by atoms with Crippen LogP contribution in [0.3, 0.4) is 0 Å². The lowest BCUT2D eigenvalue weighted by atomic mass is 10.0. The SMILES string of the molecule is CC(Cc1ccc2ccccc2c1)NC1CCCC1. The van der Waals surface area contributed by atoms with Gasteiger partial charge in [0.1, 0.15) is 0 Å². The minimum atomic E-state index is 0.573. The summed E-state index contributed by atoms with van der Waals surface area (Å²) in [6.07, 6.45) is 6.66. The fourth-order valence-corrected chi connectivity index (χ4v) is 3.27. The highest BCUT2D eigenvalue weighted by Gasteiger charge is 2.16. The van der Waals surface area contributed by atoms with Crippen molar-refractivity contribution in [2.24, 2.45) is 0 Å². The van der Waals surface area contributed by atoms with Crippen LogP contribution in [-0.2, 0) is 6.42 Å². The Morgan fingerprint density at radius 2 is 1.79 bits per heavy atom. The minimum absolute atomic E-state index is 0.573. The molecule has 0 radical (unpaired) electrons. The molecule has 100 valence electrons. The van der Waals surface area contributed by atoms with Gasteiger partial charge in [0, 0.05) is 12.1 Å². The first-order valence-electron chi connectivity index (χ1n) is 7.55. The van der Waals surface area contributed by atoms with Crippen LogP contribution >= 0.6 is 0 Å². The molecule has 1 nitrogen and oxygen atoms in total. The maximum Gasteiger partial charge on any atom is 0.00817 e. The van der Waals surface area contributed by atoms with Crippen molar-refractivity contribution in [3.8, 4) is 0 Å². The monoisotopic (exact) mass is 253 g/mol. The molecule has 3 rings (SSSR count). The summed E-state index contributed by atoms with van der Waals surface area (Å²) >= 11 is 0. The molecular formula is C18H23N. The largest absolute Gasteiger partial charge is 0.311 e. The average Bonchev–Trinajstić information content (AvgIpc) is 2.91. The third-order valence-electron chi connectivity index (χ3n) is 4.23. The molecule has 1 atom stereocenters. The summed E-state index contributed by atoms with van der Waals surface area (Å²) in [6.45, 7) is 2.31. The van der Waals surface area contributed by atoms with E-state index < -0.39 is 0 Å². The van der Waals surface area contributed by atoms with Gasteiger partial charge in [0.05, 0.1) is 0 Å². The van der Waals surface area contributed by atoms with Gasteiger partial charge in [-0.3, -0.25) is 0 Å². The van der Waals surface area contributed by atoms with Gasteiger partial charge in [-0.2, -0.15) is 0 Å². The highest BCUT2D eigenvalue weighted by atomic mass is 14.9. The molecule has 1 unspecified atom stereocenters. The van der Waals surface area contributed by atoms with Crippen molar-refractivity contribution in [3.63, 3.8) is 0 Å². The van der Waals surface area contributed by atoms with E-state index in [2.05, 4.69) is 54.7 Å². The summed E-state index contributed by atoms with van der Waals surface area (Å²) in [4.78, 5) is 0. The molecule has 1 heteroatoms. The number of nitrogens with one attached hydrogen (secondary N) is 1. The van der Waals surface area contributed by atoms with E-state index in [0.29, 0.717) is 6.04 Å². The summed E-state index contributed by atoms with van der Waals surface area (Å²) < 4.78 is 0. The molecule has 2 aromatic rings. The predicted molar refractivity (Wildman–Crippen MR) is 82.5 cm³/mol. The van der Waals surface area contributed by atoms with Crippen molar-refractivity contribution in [1.29, 1.82) is 0 Å². The van der Waals surface area contributed by atoms with Crippen LogP contribution in [0.25, 0.3) is 10.8 Å². The predicted octanol–water partition coefficient (Wildman–Crippen LogP) is 4.30. The summed E-state index contributed by atoms with van der Waals surface area (Å²) in [5.41, 5.74) is 1.44. The number of rotatable bonds is 4. The topological polar surface area (TPSA) is 12.0 Å². The van der Waals surface area contributed by atoms with Crippen LogP contribution in [0.15, 0.2) is 42.5 Å². The Balaban J connectivity index is 1.66. The quantitative estimate of drug-likeness (QED) is 0.856. The van der Waals surface area contributed by atoms with E-state index in [1.165, 1.54) is 42.0 Å². The number of hydrogen-bond acceptors (Lipinski definition) is 1. The Labute approximate surface area is 116 Å². The third-order valence-corrected chi connectivity index (χ3v) is 4.23. The molecule has 0 aromatic heterocycles. The van der Waals surface area contributed by atoms with Crippen molar-refractivity contribution >= 4 is 10.8 Å². The highest BCUT2D eigenvalue weighted by Crippen LogP contribution is 2.20. The van der Waals surface area contributed by atoms with Crippen LogP contribution in [-0.4, -0.2) is 12.1 Å². The fourth-order valence-electron chi connectivity index (χ4n) is 3.27. The van der Waals surface area contributed by atoms with Gasteiger partial charge in [0.15, 0.2) is 0 Å². The molecule has 0 amide bonds. The summed E-state index contributed by atoms with van der Waals surface area (Å²) in [5, 5.41) is 6.47. The zero-order valence-electron chi connectivity index (χ0n) is 11.7. The molecule has 1 aliphatic carbocycles. The molecule has 19 heavy (non-hydrogen) atoms. The van der Waals surface area contributed by atoms with Crippen LogP contribution in [0, 0.1) is 0 Å². The second-order valence-electron chi connectivity index (χ2n) is 5.93. The Kier molecular flexibility index (Phi) is 3.84. The average molecular weight is 253 g/mol. The van der Waals surface area contributed by atoms with Crippen molar-refractivity contribution in [2.75, 3.05) is 0 Å². The number of hydrogen-bond donors (Lipinski definition) is 1. The third kappa shape index (κ3) is 3.16. The van der Waals surface area contributed by atoms with Crippen LogP contribution in [0.5, 0.6) is 0 Å². The first-order chi connectivity index (χ1) is 9.31. The number of benzene rings is 2. The zero-order valence-corrected chi connectivity index (χ0v) is 11.7. The van der Waals surface area contributed by atoms with Crippen LogP contribution < -0.4 is 5.32 Å². The molecule has 0 bridgehead atoms. The molecular weight excluding hydrogens is 230 g/mol. The van der Waals surface area contributed by atoms with E-state index in [1.807, 2.05) is 0 Å². The van der Waals surface area contributed by atoms with Crippen LogP contribution in [0.4, 0.5) is 0 Å². The summed E-state index contributed by atoms with van der Waals surface area (Å²) in [6, 6.07) is 16.8. The van der Waals surface area contributed by atoms with Gasteiger partial charge in [-0.25, -0.2) is 0 Å². The Morgan fingerprint density at radius 1 is 1.05 bits per heavy atom. The zero-order chi connectivity index (χ0) is 13.1. The lowest BCUT2D eigenvalue weighted by Gasteiger charge is -2.19. The number of fused-ring (bicyclic) bond motifs is 1. The van der Waals surface area contributed by atoms with Crippen molar-refractivity contribution < 1.29 is 0 Å². The maximum absolute atomic E-state index is 3.78. The second kappa shape index (κ2) is 5.75. The van der Waals surface area contributed by atoms with Gasteiger partial charge in [-0.15, -0.1) is 0 Å². The maximum atomic E-state index is 3.78. The summed E-state index contributed by atoms with van der Waals surface area (Å²) in [5.74, 6) is 0. The Bertz CT molecular complexity index is 540.